The van der Waals surface area contributed by atoms with Crippen LogP contribution in [0.15, 0.2) is 22.7 Å². The van der Waals surface area contributed by atoms with Gasteiger partial charge in [0.15, 0.2) is 5.60 Å². The predicted molar refractivity (Wildman–Crippen MR) is 117 cm³/mol. The Morgan fingerprint density at radius 1 is 1.30 bits per heavy atom. The molecule has 2 saturated carbocycles. The lowest BCUT2D eigenvalue weighted by Gasteiger charge is -2.35. The zero-order chi connectivity index (χ0) is 23.1. The molecule has 2 bridgehead atoms. The Hall–Kier alpha value is -3.44. The van der Waals surface area contributed by atoms with E-state index < -0.39 is 17.3 Å². The van der Waals surface area contributed by atoms with Crippen molar-refractivity contribution < 1.29 is 18.8 Å². The SMILES string of the molecule is Cc1cc(C(C)(O)C#Cc2cc3c(cc2F)C2CC(C2)n2c-3nc(C(N)=O)c2C2CC2)no1. The van der Waals surface area contributed by atoms with Crippen LogP contribution in [0.1, 0.15) is 89.2 Å². The largest absolute Gasteiger partial charge is 0.372 e. The first-order chi connectivity index (χ1) is 15.7. The van der Waals surface area contributed by atoms with Crippen LogP contribution in [-0.4, -0.2) is 25.7 Å². The average molecular weight is 446 g/mol. The van der Waals surface area contributed by atoms with Gasteiger partial charge in [-0.05, 0) is 63.1 Å². The molecule has 4 aliphatic rings. The summed E-state index contributed by atoms with van der Waals surface area (Å²) in [4.78, 5) is 16.8. The molecule has 3 aromatic rings. The van der Waals surface area contributed by atoms with Gasteiger partial charge in [-0.25, -0.2) is 9.37 Å². The third kappa shape index (κ3) is 3.10. The number of aryl methyl sites for hydroxylation is 1. The van der Waals surface area contributed by atoms with Crippen molar-refractivity contribution in [1.29, 1.82) is 0 Å². The van der Waals surface area contributed by atoms with Crippen molar-refractivity contribution in [3.05, 3.63) is 58.0 Å². The summed E-state index contributed by atoms with van der Waals surface area (Å²) in [5.74, 6) is 6.27. The summed E-state index contributed by atoms with van der Waals surface area (Å²) < 4.78 is 22.3. The molecule has 1 amide bonds. The Bertz CT molecular complexity index is 1380. The van der Waals surface area contributed by atoms with E-state index in [1.807, 2.05) is 0 Å². The number of halogens is 1. The molecule has 0 spiro atoms. The number of imidazole rings is 1. The van der Waals surface area contributed by atoms with E-state index in [2.05, 4.69) is 26.5 Å². The van der Waals surface area contributed by atoms with E-state index in [1.165, 1.54) is 13.0 Å². The smallest absolute Gasteiger partial charge is 0.269 e. The number of aromatic nitrogens is 3. The van der Waals surface area contributed by atoms with E-state index in [0.29, 0.717) is 23.2 Å². The molecular weight excluding hydrogens is 423 g/mol. The minimum absolute atomic E-state index is 0.150. The lowest BCUT2D eigenvalue weighted by Crippen LogP contribution is -2.25. The zero-order valence-electron chi connectivity index (χ0n) is 18.4. The number of carbonyl (C=O) groups excluding carboxylic acids is 1. The van der Waals surface area contributed by atoms with Crippen LogP contribution in [0.5, 0.6) is 0 Å². The minimum Gasteiger partial charge on any atom is -0.372 e. The number of primary amides is 1. The molecule has 1 unspecified atom stereocenters. The summed E-state index contributed by atoms with van der Waals surface area (Å²) in [6.07, 6.45) is 3.81. The predicted octanol–water partition coefficient (Wildman–Crippen LogP) is 3.65. The fourth-order valence-corrected chi connectivity index (χ4v) is 5.05. The van der Waals surface area contributed by atoms with Crippen LogP contribution in [0, 0.1) is 24.6 Å². The number of rotatable bonds is 3. The highest BCUT2D eigenvalue weighted by atomic mass is 19.1. The highest BCUT2D eigenvalue weighted by molar-refractivity contribution is 5.93. The average Bonchev–Trinajstić information content (AvgIpc) is 3.40. The number of carbonyl (C=O) groups is 1. The molecule has 2 aliphatic heterocycles. The van der Waals surface area contributed by atoms with Gasteiger partial charge in [-0.3, -0.25) is 4.79 Å². The molecule has 3 N–H and O–H groups in total. The summed E-state index contributed by atoms with van der Waals surface area (Å²) in [6.45, 7) is 3.21. The van der Waals surface area contributed by atoms with Crippen molar-refractivity contribution in [3.8, 4) is 23.2 Å². The molecule has 168 valence electrons. The molecule has 8 heteroatoms. The van der Waals surface area contributed by atoms with Crippen LogP contribution >= 0.6 is 0 Å². The first-order valence-electron chi connectivity index (χ1n) is 11.2. The number of benzene rings is 1. The molecule has 4 heterocycles. The van der Waals surface area contributed by atoms with E-state index >= 15 is 4.39 Å². The van der Waals surface area contributed by atoms with E-state index in [-0.39, 0.29) is 23.2 Å². The maximum Gasteiger partial charge on any atom is 0.269 e. The van der Waals surface area contributed by atoms with Gasteiger partial charge in [-0.1, -0.05) is 17.0 Å². The third-order valence-corrected chi connectivity index (χ3v) is 7.01. The van der Waals surface area contributed by atoms with Gasteiger partial charge in [0, 0.05) is 23.6 Å². The van der Waals surface area contributed by atoms with E-state index in [0.717, 1.165) is 42.5 Å². The number of nitrogens with two attached hydrogens (primary N) is 1. The van der Waals surface area contributed by atoms with E-state index in [9.17, 15) is 9.90 Å². The summed E-state index contributed by atoms with van der Waals surface area (Å²) in [5.41, 5.74) is 7.40. The molecule has 7 nitrogen and oxygen atoms in total. The number of nitrogens with zero attached hydrogens (tertiary/aromatic N) is 3. The molecule has 2 fully saturated rings. The minimum atomic E-state index is -1.60. The van der Waals surface area contributed by atoms with Crippen molar-refractivity contribution in [2.75, 3.05) is 0 Å². The highest BCUT2D eigenvalue weighted by Crippen LogP contribution is 2.55. The van der Waals surface area contributed by atoms with Crippen LogP contribution in [0.4, 0.5) is 4.39 Å². The van der Waals surface area contributed by atoms with Gasteiger partial charge in [0.2, 0.25) is 0 Å². The Labute approximate surface area is 189 Å². The third-order valence-electron chi connectivity index (χ3n) is 7.01. The van der Waals surface area contributed by atoms with E-state index in [4.69, 9.17) is 10.3 Å². The monoisotopic (exact) mass is 446 g/mol. The van der Waals surface area contributed by atoms with Crippen LogP contribution < -0.4 is 5.73 Å². The quantitative estimate of drug-likeness (QED) is 0.597. The summed E-state index contributed by atoms with van der Waals surface area (Å²) >= 11 is 0. The lowest BCUT2D eigenvalue weighted by atomic mass is 9.75. The zero-order valence-corrected chi connectivity index (χ0v) is 18.4. The molecule has 7 rings (SSSR count). The fraction of sp³-hybridized carbons (Fsp3) is 0.400. The number of hydrogen-bond acceptors (Lipinski definition) is 5. The molecule has 0 radical (unpaired) electrons. The van der Waals surface area contributed by atoms with Crippen LogP contribution in [0.3, 0.4) is 0 Å². The second-order valence-electron chi connectivity index (χ2n) is 9.56. The Morgan fingerprint density at radius 3 is 2.70 bits per heavy atom. The molecule has 2 aromatic heterocycles. The Morgan fingerprint density at radius 2 is 2.06 bits per heavy atom. The van der Waals surface area contributed by atoms with Gasteiger partial charge >= 0.3 is 0 Å². The van der Waals surface area contributed by atoms with Crippen LogP contribution in [0.25, 0.3) is 11.4 Å². The van der Waals surface area contributed by atoms with Gasteiger partial charge in [0.25, 0.3) is 5.91 Å². The number of aliphatic hydroxyl groups is 1. The topological polar surface area (TPSA) is 107 Å². The van der Waals surface area contributed by atoms with Gasteiger partial charge in [0.05, 0.1) is 11.3 Å². The standard InChI is InChI=1S/C25H23FN4O3/c1-12-7-20(29-33-12)25(2,32)6-5-14-10-18-17(11-19(14)26)15-8-16(9-15)30-22(13-3-4-13)21(23(27)31)28-24(18)30/h7,10-11,13,15-16,32H,3-4,8-9H2,1-2H3,(H2,27,31). The maximum atomic E-state index is 15.1. The normalized spacial score (nSPS) is 22.2. The Kier molecular flexibility index (Phi) is 4.15. The second kappa shape index (κ2) is 6.78. The van der Waals surface area contributed by atoms with Crippen molar-refractivity contribution in [2.45, 2.75) is 63.0 Å². The first-order valence-corrected chi connectivity index (χ1v) is 11.2. The Balaban J connectivity index is 1.49. The van der Waals surface area contributed by atoms with Crippen LogP contribution in [0.2, 0.25) is 0 Å². The number of hydrogen-bond donors (Lipinski definition) is 2. The molecule has 1 aromatic carbocycles. The van der Waals surface area contributed by atoms with Gasteiger partial charge < -0.3 is 19.9 Å². The maximum absolute atomic E-state index is 15.1. The van der Waals surface area contributed by atoms with Gasteiger partial charge in [0.1, 0.15) is 28.8 Å². The van der Waals surface area contributed by atoms with Gasteiger partial charge in [-0.15, -0.1) is 0 Å². The van der Waals surface area contributed by atoms with Crippen LogP contribution in [-0.2, 0) is 5.60 Å². The van der Waals surface area contributed by atoms with Crippen molar-refractivity contribution in [1.82, 2.24) is 14.7 Å². The molecule has 2 aliphatic carbocycles. The summed E-state index contributed by atoms with van der Waals surface area (Å²) in [6, 6.07) is 5.04. The second-order valence-corrected chi connectivity index (χ2v) is 9.56. The van der Waals surface area contributed by atoms with Crippen molar-refractivity contribution in [3.63, 3.8) is 0 Å². The number of amides is 1. The summed E-state index contributed by atoms with van der Waals surface area (Å²) in [7, 11) is 0. The summed E-state index contributed by atoms with van der Waals surface area (Å²) in [5, 5.41) is 14.5. The fourth-order valence-electron chi connectivity index (χ4n) is 5.05. The first kappa shape index (κ1) is 20.2. The van der Waals surface area contributed by atoms with Crippen molar-refractivity contribution in [2.24, 2.45) is 5.73 Å². The van der Waals surface area contributed by atoms with Gasteiger partial charge in [-0.2, -0.15) is 0 Å². The highest BCUT2D eigenvalue weighted by Gasteiger charge is 2.44. The van der Waals surface area contributed by atoms with E-state index in [1.54, 1.807) is 19.1 Å². The molecule has 1 atom stereocenters. The molecule has 33 heavy (non-hydrogen) atoms. The van der Waals surface area contributed by atoms with Crippen molar-refractivity contribution >= 4 is 5.91 Å². The molecular formula is C25H23FN4O3. The lowest BCUT2D eigenvalue weighted by molar-refractivity contribution is 0.0994. The molecule has 0 saturated heterocycles.